The van der Waals surface area contributed by atoms with E-state index in [4.69, 9.17) is 4.74 Å². The maximum Gasteiger partial charge on any atom is 0.265 e. The van der Waals surface area contributed by atoms with E-state index < -0.39 is 12.0 Å². The van der Waals surface area contributed by atoms with Crippen LogP contribution < -0.4 is 20.3 Å². The van der Waals surface area contributed by atoms with Crippen LogP contribution in [0.15, 0.2) is 60.7 Å². The van der Waals surface area contributed by atoms with Crippen LogP contribution in [-0.4, -0.2) is 30.4 Å². The van der Waals surface area contributed by atoms with Crippen LogP contribution in [0.4, 0.5) is 17.1 Å². The van der Waals surface area contributed by atoms with Gasteiger partial charge in [0.2, 0.25) is 11.8 Å². The number of hydrogen-bond donors (Lipinski definition) is 2. The molecule has 0 unspecified atom stereocenters. The normalized spacial score (nSPS) is 20.2. The molecule has 0 bridgehead atoms. The van der Waals surface area contributed by atoms with Gasteiger partial charge in [0.25, 0.3) is 5.91 Å². The number of amides is 3. The lowest BCUT2D eigenvalue weighted by molar-refractivity contribution is -0.122. The minimum Gasteiger partial charge on any atom is -0.479 e. The van der Waals surface area contributed by atoms with Crippen LogP contribution in [0.25, 0.3) is 10.8 Å². The Kier molecular flexibility index (Phi) is 4.58. The van der Waals surface area contributed by atoms with E-state index in [1.54, 1.807) is 30.0 Å². The first kappa shape index (κ1) is 19.1. The van der Waals surface area contributed by atoms with E-state index >= 15 is 0 Å². The number of anilines is 3. The Morgan fingerprint density at radius 1 is 1.10 bits per heavy atom. The Bertz CT molecular complexity index is 1220. The predicted molar refractivity (Wildman–Crippen MR) is 118 cm³/mol. The Labute approximate surface area is 179 Å². The average Bonchev–Trinajstić information content (AvgIpc) is 3.16. The molecule has 2 heterocycles. The molecule has 2 aliphatic rings. The molecule has 0 saturated carbocycles. The van der Waals surface area contributed by atoms with Gasteiger partial charge in [0, 0.05) is 24.0 Å². The number of benzene rings is 3. The summed E-state index contributed by atoms with van der Waals surface area (Å²) in [6.45, 7) is 1.99. The molecule has 1 saturated heterocycles. The Morgan fingerprint density at radius 3 is 2.77 bits per heavy atom. The van der Waals surface area contributed by atoms with E-state index in [0.29, 0.717) is 23.7 Å². The Morgan fingerprint density at radius 2 is 1.90 bits per heavy atom. The van der Waals surface area contributed by atoms with Crippen molar-refractivity contribution >= 4 is 45.6 Å². The lowest BCUT2D eigenvalue weighted by Crippen LogP contribution is -2.34. The molecule has 7 nitrogen and oxygen atoms in total. The van der Waals surface area contributed by atoms with Gasteiger partial charge in [-0.3, -0.25) is 14.4 Å². The second-order valence-corrected chi connectivity index (χ2v) is 7.85. The first-order chi connectivity index (χ1) is 15.0. The van der Waals surface area contributed by atoms with Gasteiger partial charge < -0.3 is 20.3 Å². The van der Waals surface area contributed by atoms with E-state index in [1.807, 2.05) is 42.5 Å². The quantitative estimate of drug-likeness (QED) is 0.685. The highest BCUT2D eigenvalue weighted by atomic mass is 16.5. The SMILES string of the molecule is C[C@H]1Oc2ccc(NC(=O)[C@@H]3CC(=O)N(c4cccc5ccccc45)C3)cc2NC1=O. The molecule has 3 aromatic rings. The molecule has 0 spiro atoms. The number of hydrogen-bond acceptors (Lipinski definition) is 4. The summed E-state index contributed by atoms with van der Waals surface area (Å²) in [4.78, 5) is 39.1. The first-order valence-corrected chi connectivity index (χ1v) is 10.2. The highest BCUT2D eigenvalue weighted by Gasteiger charge is 2.36. The molecule has 3 amide bonds. The highest BCUT2D eigenvalue weighted by Crippen LogP contribution is 2.34. The van der Waals surface area contributed by atoms with E-state index in [9.17, 15) is 14.4 Å². The van der Waals surface area contributed by atoms with Crippen LogP contribution in [0.2, 0.25) is 0 Å². The summed E-state index contributed by atoms with van der Waals surface area (Å²) in [6, 6.07) is 18.8. The van der Waals surface area contributed by atoms with E-state index in [1.165, 1.54) is 0 Å². The Hall–Kier alpha value is -3.87. The van der Waals surface area contributed by atoms with Crippen molar-refractivity contribution in [3.63, 3.8) is 0 Å². The van der Waals surface area contributed by atoms with Gasteiger partial charge in [-0.05, 0) is 36.6 Å². The maximum atomic E-state index is 12.9. The second-order valence-electron chi connectivity index (χ2n) is 7.85. The summed E-state index contributed by atoms with van der Waals surface area (Å²) in [5.74, 6) is -0.441. The molecule has 3 aromatic carbocycles. The number of rotatable bonds is 3. The topological polar surface area (TPSA) is 87.7 Å². The lowest BCUT2D eigenvalue weighted by atomic mass is 10.1. The Balaban J connectivity index is 1.33. The van der Waals surface area contributed by atoms with Gasteiger partial charge in [-0.1, -0.05) is 36.4 Å². The maximum absolute atomic E-state index is 12.9. The molecule has 5 rings (SSSR count). The average molecular weight is 415 g/mol. The van der Waals surface area contributed by atoms with Crippen molar-refractivity contribution in [1.29, 1.82) is 0 Å². The molecule has 1 fully saturated rings. The van der Waals surface area contributed by atoms with Gasteiger partial charge in [-0.15, -0.1) is 0 Å². The highest BCUT2D eigenvalue weighted by molar-refractivity contribution is 6.08. The van der Waals surface area contributed by atoms with Crippen LogP contribution in [0.3, 0.4) is 0 Å². The number of carbonyl (C=O) groups excluding carboxylic acids is 3. The molecule has 31 heavy (non-hydrogen) atoms. The van der Waals surface area contributed by atoms with Crippen molar-refractivity contribution in [3.05, 3.63) is 60.7 Å². The molecule has 0 radical (unpaired) electrons. The zero-order valence-electron chi connectivity index (χ0n) is 16.9. The molecular weight excluding hydrogens is 394 g/mol. The van der Waals surface area contributed by atoms with Crippen molar-refractivity contribution < 1.29 is 19.1 Å². The first-order valence-electron chi connectivity index (χ1n) is 10.2. The predicted octanol–water partition coefficient (Wildman–Crippen LogP) is 3.55. The van der Waals surface area contributed by atoms with Gasteiger partial charge in [-0.2, -0.15) is 0 Å². The summed E-state index contributed by atoms with van der Waals surface area (Å²) in [6.07, 6.45) is -0.408. The molecule has 156 valence electrons. The third kappa shape index (κ3) is 3.48. The summed E-state index contributed by atoms with van der Waals surface area (Å²) >= 11 is 0. The summed E-state index contributed by atoms with van der Waals surface area (Å²) in [5, 5.41) is 7.67. The van der Waals surface area contributed by atoms with Crippen molar-refractivity contribution in [3.8, 4) is 5.75 Å². The van der Waals surface area contributed by atoms with Crippen LogP contribution in [0.5, 0.6) is 5.75 Å². The molecule has 2 N–H and O–H groups in total. The van der Waals surface area contributed by atoms with E-state index in [0.717, 1.165) is 16.5 Å². The van der Waals surface area contributed by atoms with Crippen LogP contribution in [-0.2, 0) is 14.4 Å². The minimum absolute atomic E-state index is 0.0726. The van der Waals surface area contributed by atoms with Crippen molar-refractivity contribution in [1.82, 2.24) is 0 Å². The fourth-order valence-electron chi connectivity index (χ4n) is 4.09. The van der Waals surface area contributed by atoms with Crippen LogP contribution >= 0.6 is 0 Å². The zero-order valence-corrected chi connectivity index (χ0v) is 16.9. The third-order valence-electron chi connectivity index (χ3n) is 5.73. The van der Waals surface area contributed by atoms with Crippen molar-refractivity contribution in [2.45, 2.75) is 19.4 Å². The number of fused-ring (bicyclic) bond motifs is 2. The molecule has 0 aliphatic carbocycles. The zero-order chi connectivity index (χ0) is 21.5. The smallest absolute Gasteiger partial charge is 0.265 e. The van der Waals surface area contributed by atoms with Crippen LogP contribution in [0.1, 0.15) is 13.3 Å². The largest absolute Gasteiger partial charge is 0.479 e. The summed E-state index contributed by atoms with van der Waals surface area (Å²) in [7, 11) is 0. The molecule has 7 heteroatoms. The van der Waals surface area contributed by atoms with Crippen molar-refractivity contribution in [2.24, 2.45) is 5.92 Å². The minimum atomic E-state index is -0.558. The van der Waals surface area contributed by atoms with Crippen LogP contribution in [0, 0.1) is 5.92 Å². The number of nitrogens with one attached hydrogen (secondary N) is 2. The fourth-order valence-corrected chi connectivity index (χ4v) is 4.09. The van der Waals surface area contributed by atoms with E-state index in [2.05, 4.69) is 10.6 Å². The second kappa shape index (κ2) is 7.43. The molecule has 2 atom stereocenters. The van der Waals surface area contributed by atoms with Gasteiger partial charge >= 0.3 is 0 Å². The summed E-state index contributed by atoms with van der Waals surface area (Å²) in [5.41, 5.74) is 1.88. The standard InChI is InChI=1S/C24H21N3O4/c1-14-23(29)26-19-12-17(9-10-21(19)31-14)25-24(30)16-11-22(28)27(13-16)20-8-4-6-15-5-2-3-7-18(15)20/h2-10,12,14,16H,11,13H2,1H3,(H,25,30)(H,26,29)/t14-,16-/m1/s1. The number of nitrogens with zero attached hydrogens (tertiary/aromatic N) is 1. The lowest BCUT2D eigenvalue weighted by Gasteiger charge is -2.24. The van der Waals surface area contributed by atoms with Gasteiger partial charge in [0.1, 0.15) is 5.75 Å². The number of carbonyl (C=O) groups is 3. The van der Waals surface area contributed by atoms with Gasteiger partial charge in [-0.25, -0.2) is 0 Å². The van der Waals surface area contributed by atoms with Gasteiger partial charge in [0.15, 0.2) is 6.10 Å². The molecular formula is C24H21N3O4. The van der Waals surface area contributed by atoms with E-state index in [-0.39, 0.29) is 24.1 Å². The number of ether oxygens (including phenoxy) is 1. The van der Waals surface area contributed by atoms with Gasteiger partial charge in [0.05, 0.1) is 17.3 Å². The fraction of sp³-hybridized carbons (Fsp3) is 0.208. The monoisotopic (exact) mass is 415 g/mol. The molecule has 0 aromatic heterocycles. The molecule has 2 aliphatic heterocycles. The summed E-state index contributed by atoms with van der Waals surface area (Å²) < 4.78 is 5.54. The van der Waals surface area contributed by atoms with Crippen molar-refractivity contribution in [2.75, 3.05) is 22.1 Å². The third-order valence-corrected chi connectivity index (χ3v) is 5.73.